The first-order chi connectivity index (χ1) is 3.39. The van der Waals surface area contributed by atoms with Gasteiger partial charge in [-0.05, 0) is 6.42 Å². The van der Waals surface area contributed by atoms with Crippen LogP contribution in [0.3, 0.4) is 0 Å². The van der Waals surface area contributed by atoms with Crippen LogP contribution in [-0.4, -0.2) is 17.8 Å². The molecule has 1 aliphatic rings. The molecule has 0 bridgehead atoms. The molecular formula is C5H8NO. The fraction of sp³-hybridized carbons (Fsp3) is 0.600. The molecule has 2 heteroatoms. The molecule has 0 aromatic carbocycles. The van der Waals surface area contributed by atoms with E-state index in [2.05, 4.69) is 5.32 Å². The summed E-state index contributed by atoms with van der Waals surface area (Å²) >= 11 is 0. The molecule has 0 fully saturated rings. The Morgan fingerprint density at radius 3 is 2.86 bits per heavy atom. The Morgan fingerprint density at radius 2 is 2.57 bits per heavy atom. The molecule has 0 aromatic heterocycles. The van der Waals surface area contributed by atoms with Gasteiger partial charge in [-0.1, -0.05) is 6.08 Å². The summed E-state index contributed by atoms with van der Waals surface area (Å²) in [4.78, 5) is 0. The highest BCUT2D eigenvalue weighted by Gasteiger charge is 2.02. The average Bonchev–Trinajstić information content (AvgIpc) is 1.69. The Balaban J connectivity index is 2.32. The van der Waals surface area contributed by atoms with E-state index in [0.29, 0.717) is 6.54 Å². The number of hydrogen-bond acceptors (Lipinski definition) is 1. The van der Waals surface area contributed by atoms with Crippen molar-refractivity contribution >= 4 is 0 Å². The lowest BCUT2D eigenvalue weighted by Crippen LogP contribution is -2.20. The van der Waals surface area contributed by atoms with Crippen LogP contribution in [0.25, 0.3) is 0 Å². The molecule has 2 nitrogen and oxygen atoms in total. The Labute approximate surface area is 42.8 Å². The van der Waals surface area contributed by atoms with Gasteiger partial charge in [0.2, 0.25) is 0 Å². The zero-order valence-corrected chi connectivity index (χ0v) is 4.04. The summed E-state index contributed by atoms with van der Waals surface area (Å²) in [7, 11) is 0. The van der Waals surface area contributed by atoms with E-state index in [-0.39, 0.29) is 6.10 Å². The fourth-order valence-corrected chi connectivity index (χ4v) is 0.550. The van der Waals surface area contributed by atoms with E-state index in [4.69, 9.17) is 5.11 Å². The van der Waals surface area contributed by atoms with Crippen molar-refractivity contribution in [2.24, 2.45) is 0 Å². The van der Waals surface area contributed by atoms with Crippen LogP contribution in [0.1, 0.15) is 6.42 Å². The van der Waals surface area contributed by atoms with E-state index in [1.54, 1.807) is 6.20 Å². The first-order valence-corrected chi connectivity index (χ1v) is 2.39. The lowest BCUT2D eigenvalue weighted by atomic mass is 10.2. The van der Waals surface area contributed by atoms with Gasteiger partial charge in [-0.2, -0.15) is 0 Å². The lowest BCUT2D eigenvalue weighted by Gasteiger charge is -2.09. The topological polar surface area (TPSA) is 34.3 Å². The van der Waals surface area contributed by atoms with Gasteiger partial charge in [0.1, 0.15) is 0 Å². The molecule has 39 valence electrons. The Morgan fingerprint density at radius 1 is 1.71 bits per heavy atom. The van der Waals surface area contributed by atoms with Crippen molar-refractivity contribution in [3.05, 3.63) is 12.3 Å². The minimum atomic E-state index is -0.218. The van der Waals surface area contributed by atoms with Crippen molar-refractivity contribution in [3.8, 4) is 0 Å². The van der Waals surface area contributed by atoms with E-state index in [1.165, 1.54) is 0 Å². The number of hydrogen-bond donors (Lipinski definition) is 1. The van der Waals surface area contributed by atoms with Gasteiger partial charge in [-0.3, -0.25) is 5.32 Å². The summed E-state index contributed by atoms with van der Waals surface area (Å²) in [5.74, 6) is 0. The van der Waals surface area contributed by atoms with Crippen LogP contribution < -0.4 is 5.32 Å². The highest BCUT2D eigenvalue weighted by Crippen LogP contribution is 1.96. The summed E-state index contributed by atoms with van der Waals surface area (Å²) in [5.41, 5.74) is 0. The van der Waals surface area contributed by atoms with E-state index in [0.717, 1.165) is 6.42 Å². The largest absolute Gasteiger partial charge is 0.391 e. The second-order valence-corrected chi connectivity index (χ2v) is 1.64. The number of rotatable bonds is 0. The van der Waals surface area contributed by atoms with Gasteiger partial charge in [-0.15, -0.1) is 0 Å². The van der Waals surface area contributed by atoms with Gasteiger partial charge in [0.05, 0.1) is 12.6 Å². The van der Waals surface area contributed by atoms with Gasteiger partial charge in [0.15, 0.2) is 0 Å². The zero-order chi connectivity index (χ0) is 5.11. The zero-order valence-electron chi connectivity index (χ0n) is 4.04. The standard InChI is InChI=1S/C5H8NO/c7-5-2-1-3-6-4-5/h1,3,5,7H,2,4H2. The average molecular weight is 98.1 g/mol. The highest BCUT2D eigenvalue weighted by molar-refractivity contribution is 4.88. The molecule has 0 spiro atoms. The predicted molar refractivity (Wildman–Crippen MR) is 26.8 cm³/mol. The monoisotopic (exact) mass is 98.1 g/mol. The molecule has 1 rings (SSSR count). The molecule has 7 heavy (non-hydrogen) atoms. The molecule has 0 aromatic rings. The summed E-state index contributed by atoms with van der Waals surface area (Å²) in [6.07, 6.45) is 4.16. The Bertz CT molecular complexity index is 80.1. The Hall–Kier alpha value is -0.500. The molecule has 1 N–H and O–H groups in total. The molecule has 1 unspecified atom stereocenters. The van der Waals surface area contributed by atoms with Crippen LogP contribution in [0.5, 0.6) is 0 Å². The van der Waals surface area contributed by atoms with Crippen LogP contribution in [0, 0.1) is 0 Å². The van der Waals surface area contributed by atoms with Gasteiger partial charge >= 0.3 is 0 Å². The molecule has 0 saturated carbocycles. The SMILES string of the molecule is OC1CC=C[N]C1. The van der Waals surface area contributed by atoms with E-state index >= 15 is 0 Å². The molecule has 1 atom stereocenters. The Kier molecular flexibility index (Phi) is 1.32. The van der Waals surface area contributed by atoms with E-state index in [9.17, 15) is 0 Å². The smallest absolute Gasteiger partial charge is 0.0770 e. The second-order valence-electron chi connectivity index (χ2n) is 1.64. The normalized spacial score (nSPS) is 29.6. The minimum Gasteiger partial charge on any atom is -0.391 e. The van der Waals surface area contributed by atoms with Crippen molar-refractivity contribution in [1.82, 2.24) is 5.32 Å². The number of aliphatic hydroxyl groups is 1. The molecule has 1 aliphatic heterocycles. The predicted octanol–water partition coefficient (Wildman–Crippen LogP) is -0.131. The minimum absolute atomic E-state index is 0.218. The van der Waals surface area contributed by atoms with Crippen molar-refractivity contribution in [1.29, 1.82) is 0 Å². The summed E-state index contributed by atoms with van der Waals surface area (Å²) in [6, 6.07) is 0. The molecule has 0 saturated heterocycles. The third-order valence-electron chi connectivity index (χ3n) is 0.935. The first-order valence-electron chi connectivity index (χ1n) is 2.39. The lowest BCUT2D eigenvalue weighted by molar-refractivity contribution is 0.173. The molecular weight excluding hydrogens is 90.1 g/mol. The summed E-state index contributed by atoms with van der Waals surface area (Å²) in [6.45, 7) is 0.580. The third-order valence-corrected chi connectivity index (χ3v) is 0.935. The van der Waals surface area contributed by atoms with Gasteiger partial charge in [-0.25, -0.2) is 0 Å². The third kappa shape index (κ3) is 1.20. The van der Waals surface area contributed by atoms with E-state index < -0.39 is 0 Å². The van der Waals surface area contributed by atoms with E-state index in [1.807, 2.05) is 6.08 Å². The van der Waals surface area contributed by atoms with Crippen LogP contribution in [-0.2, 0) is 0 Å². The molecule has 1 radical (unpaired) electrons. The van der Waals surface area contributed by atoms with Crippen molar-refractivity contribution in [2.75, 3.05) is 6.54 Å². The van der Waals surface area contributed by atoms with Gasteiger partial charge < -0.3 is 5.11 Å². The number of aliphatic hydroxyl groups excluding tert-OH is 1. The van der Waals surface area contributed by atoms with Crippen LogP contribution in [0.4, 0.5) is 0 Å². The maximum absolute atomic E-state index is 8.76. The maximum Gasteiger partial charge on any atom is 0.0770 e. The van der Waals surface area contributed by atoms with Crippen LogP contribution in [0.2, 0.25) is 0 Å². The summed E-state index contributed by atoms with van der Waals surface area (Å²) in [5, 5.41) is 12.6. The van der Waals surface area contributed by atoms with Crippen molar-refractivity contribution < 1.29 is 5.11 Å². The first kappa shape index (κ1) is 4.65. The van der Waals surface area contributed by atoms with Crippen LogP contribution >= 0.6 is 0 Å². The molecule has 1 heterocycles. The fourth-order valence-electron chi connectivity index (χ4n) is 0.550. The maximum atomic E-state index is 8.76. The van der Waals surface area contributed by atoms with Crippen molar-refractivity contribution in [2.45, 2.75) is 12.5 Å². The second kappa shape index (κ2) is 1.98. The van der Waals surface area contributed by atoms with Crippen molar-refractivity contribution in [3.63, 3.8) is 0 Å². The summed E-state index contributed by atoms with van der Waals surface area (Å²) < 4.78 is 0. The quantitative estimate of drug-likeness (QED) is 0.450. The van der Waals surface area contributed by atoms with Gasteiger partial charge in [0, 0.05) is 6.20 Å². The highest BCUT2D eigenvalue weighted by atomic mass is 16.3. The number of nitrogens with zero attached hydrogens (tertiary/aromatic N) is 1. The molecule has 0 aliphatic carbocycles. The van der Waals surface area contributed by atoms with Gasteiger partial charge in [0.25, 0.3) is 0 Å². The molecule has 0 amide bonds. The van der Waals surface area contributed by atoms with Crippen LogP contribution in [0.15, 0.2) is 12.3 Å².